The molecule has 2 aromatic heterocycles. The minimum absolute atomic E-state index is 0.0103. The number of fused-ring (bicyclic) bond motifs is 1. The van der Waals surface area contributed by atoms with Gasteiger partial charge in [0.15, 0.2) is 12.4 Å². The summed E-state index contributed by atoms with van der Waals surface area (Å²) in [4.78, 5) is 31.4. The summed E-state index contributed by atoms with van der Waals surface area (Å²) in [6.45, 7) is 6.58. The van der Waals surface area contributed by atoms with Gasteiger partial charge in [0.1, 0.15) is 0 Å². The number of carbonyl (C=O) groups is 2. The zero-order valence-electron chi connectivity index (χ0n) is 13.9. The lowest BCUT2D eigenvalue weighted by Gasteiger charge is -2.25. The van der Waals surface area contributed by atoms with Gasteiger partial charge >= 0.3 is 6.08 Å². The molecule has 0 N–H and O–H groups in total. The lowest BCUT2D eigenvalue weighted by atomic mass is 10.1. The van der Waals surface area contributed by atoms with Gasteiger partial charge < -0.3 is 9.64 Å². The van der Waals surface area contributed by atoms with Crippen molar-refractivity contribution in [3.05, 3.63) is 27.2 Å². The van der Waals surface area contributed by atoms with Crippen LogP contribution in [0.4, 0.5) is 0 Å². The molecular weight excluding hydrogens is 330 g/mol. The number of hydrogen-bond acceptors (Lipinski definition) is 7. The molecule has 0 radical (unpaired) electrons. The van der Waals surface area contributed by atoms with E-state index in [0.29, 0.717) is 23.8 Å². The van der Waals surface area contributed by atoms with E-state index in [1.807, 2.05) is 19.9 Å². The number of hydrogen-bond donors (Lipinski definition) is 0. The van der Waals surface area contributed by atoms with Gasteiger partial charge in [0, 0.05) is 30.8 Å². The molecule has 128 valence electrons. The molecule has 0 bridgehead atoms. The summed E-state index contributed by atoms with van der Waals surface area (Å²) in [7, 11) is 0. The van der Waals surface area contributed by atoms with Gasteiger partial charge in [-0.15, -0.1) is 11.3 Å². The molecule has 0 saturated carbocycles. The number of carbonyl (C=O) groups excluding carboxylic acids is 2. The zero-order valence-corrected chi connectivity index (χ0v) is 14.7. The van der Waals surface area contributed by atoms with Crippen LogP contribution in [0.5, 0.6) is 6.08 Å². The molecule has 0 fully saturated rings. The van der Waals surface area contributed by atoms with Gasteiger partial charge in [0.05, 0.1) is 4.88 Å². The Bertz CT molecular complexity index is 765. The first-order valence-electron chi connectivity index (χ1n) is 7.80. The summed E-state index contributed by atoms with van der Waals surface area (Å²) in [6.07, 6.45) is 0.797. The van der Waals surface area contributed by atoms with Crippen molar-refractivity contribution >= 4 is 23.0 Å². The second-order valence-corrected chi connectivity index (χ2v) is 7.17. The molecule has 3 rings (SSSR count). The van der Waals surface area contributed by atoms with Crippen LogP contribution >= 0.6 is 11.3 Å². The van der Waals surface area contributed by atoms with E-state index >= 15 is 0 Å². The third kappa shape index (κ3) is 3.48. The van der Waals surface area contributed by atoms with Crippen molar-refractivity contribution in [2.45, 2.75) is 39.7 Å². The fourth-order valence-corrected chi connectivity index (χ4v) is 3.54. The minimum atomic E-state index is -0.143. The maximum atomic E-state index is 12.3. The molecule has 7 nitrogen and oxygen atoms in total. The second kappa shape index (κ2) is 6.72. The molecule has 3 heterocycles. The zero-order chi connectivity index (χ0) is 17.3. The monoisotopic (exact) mass is 349 g/mol. The number of amides is 1. The van der Waals surface area contributed by atoms with Crippen molar-refractivity contribution in [2.24, 2.45) is 0 Å². The first-order valence-corrected chi connectivity index (χ1v) is 8.62. The lowest BCUT2D eigenvalue weighted by molar-refractivity contribution is -0.129. The Morgan fingerprint density at radius 2 is 2.25 bits per heavy atom. The number of rotatable bonds is 5. The SMILES string of the molecule is CC(=O)N1CCc2sc(C(=O)COc3nc(C(C)C)no3)cc2C1. The predicted octanol–water partition coefficient (Wildman–Crippen LogP) is 2.42. The van der Waals surface area contributed by atoms with Crippen molar-refractivity contribution in [3.8, 4) is 6.08 Å². The Kier molecular flexibility index (Phi) is 4.66. The quantitative estimate of drug-likeness (QED) is 0.771. The fourth-order valence-electron chi connectivity index (χ4n) is 2.45. The van der Waals surface area contributed by atoms with Gasteiger partial charge in [0.2, 0.25) is 11.7 Å². The number of ether oxygens (including phenoxy) is 1. The van der Waals surface area contributed by atoms with E-state index in [4.69, 9.17) is 9.26 Å². The molecule has 1 amide bonds. The van der Waals surface area contributed by atoms with E-state index in [9.17, 15) is 9.59 Å². The van der Waals surface area contributed by atoms with Crippen molar-refractivity contribution in [1.29, 1.82) is 0 Å². The first kappa shape index (κ1) is 16.6. The van der Waals surface area contributed by atoms with Crippen LogP contribution in [0.3, 0.4) is 0 Å². The first-order chi connectivity index (χ1) is 11.4. The molecule has 2 aromatic rings. The van der Waals surface area contributed by atoms with Crippen LogP contribution in [-0.2, 0) is 17.8 Å². The van der Waals surface area contributed by atoms with Gasteiger partial charge in [-0.05, 0) is 18.1 Å². The third-order valence-electron chi connectivity index (χ3n) is 3.85. The minimum Gasteiger partial charge on any atom is -0.440 e. The normalized spacial score (nSPS) is 13.9. The third-order valence-corrected chi connectivity index (χ3v) is 5.13. The van der Waals surface area contributed by atoms with Crippen LogP contribution in [0.2, 0.25) is 0 Å². The van der Waals surface area contributed by atoms with Crippen LogP contribution in [0.1, 0.15) is 52.6 Å². The van der Waals surface area contributed by atoms with Gasteiger partial charge in [-0.3, -0.25) is 14.1 Å². The molecule has 24 heavy (non-hydrogen) atoms. The van der Waals surface area contributed by atoms with E-state index in [0.717, 1.165) is 16.9 Å². The van der Waals surface area contributed by atoms with Gasteiger partial charge in [-0.1, -0.05) is 19.0 Å². The molecule has 0 unspecified atom stereocenters. The van der Waals surface area contributed by atoms with Gasteiger partial charge in [-0.25, -0.2) is 0 Å². The highest BCUT2D eigenvalue weighted by Crippen LogP contribution is 2.28. The Labute approximate surface area is 143 Å². The van der Waals surface area contributed by atoms with E-state index in [2.05, 4.69) is 10.1 Å². The number of ketones is 1. The van der Waals surface area contributed by atoms with Crippen LogP contribution in [0, 0.1) is 0 Å². The second-order valence-electron chi connectivity index (χ2n) is 6.03. The Morgan fingerprint density at radius 3 is 2.92 bits per heavy atom. The number of thiophene rings is 1. The van der Waals surface area contributed by atoms with E-state index in [1.54, 1.807) is 11.8 Å². The summed E-state index contributed by atoms with van der Waals surface area (Å²) >= 11 is 1.47. The van der Waals surface area contributed by atoms with Crippen LogP contribution in [0.25, 0.3) is 0 Å². The summed E-state index contributed by atoms with van der Waals surface area (Å²) < 4.78 is 10.3. The molecular formula is C16H19N3O4S. The number of nitrogens with zero attached hydrogens (tertiary/aromatic N) is 3. The van der Waals surface area contributed by atoms with Crippen molar-refractivity contribution in [1.82, 2.24) is 15.0 Å². The number of aromatic nitrogens is 2. The molecule has 0 saturated heterocycles. The van der Waals surface area contributed by atoms with E-state index < -0.39 is 0 Å². The highest BCUT2D eigenvalue weighted by atomic mass is 32.1. The maximum absolute atomic E-state index is 12.3. The summed E-state index contributed by atoms with van der Waals surface area (Å²) in [5.74, 6) is 0.608. The van der Waals surface area contributed by atoms with Gasteiger partial charge in [0.25, 0.3) is 0 Å². The average molecular weight is 349 g/mol. The van der Waals surface area contributed by atoms with Crippen LogP contribution in [-0.4, -0.2) is 39.9 Å². The van der Waals surface area contributed by atoms with Gasteiger partial charge in [-0.2, -0.15) is 4.98 Å². The van der Waals surface area contributed by atoms with Crippen molar-refractivity contribution in [3.63, 3.8) is 0 Å². The highest BCUT2D eigenvalue weighted by molar-refractivity contribution is 7.14. The summed E-state index contributed by atoms with van der Waals surface area (Å²) in [5.41, 5.74) is 1.05. The topological polar surface area (TPSA) is 85.5 Å². The molecule has 0 aromatic carbocycles. The summed E-state index contributed by atoms with van der Waals surface area (Å²) in [6, 6.07) is 1.86. The molecule has 0 aliphatic carbocycles. The Balaban J connectivity index is 1.62. The lowest BCUT2D eigenvalue weighted by Crippen LogP contribution is -2.33. The van der Waals surface area contributed by atoms with Crippen LogP contribution in [0.15, 0.2) is 10.6 Å². The fraction of sp³-hybridized carbons (Fsp3) is 0.500. The maximum Gasteiger partial charge on any atom is 0.417 e. The molecule has 1 aliphatic rings. The van der Waals surface area contributed by atoms with E-state index in [-0.39, 0.29) is 30.3 Å². The van der Waals surface area contributed by atoms with Crippen LogP contribution < -0.4 is 4.74 Å². The molecule has 0 spiro atoms. The van der Waals surface area contributed by atoms with Crippen molar-refractivity contribution in [2.75, 3.05) is 13.2 Å². The molecule has 1 aliphatic heterocycles. The molecule has 8 heteroatoms. The smallest absolute Gasteiger partial charge is 0.417 e. The van der Waals surface area contributed by atoms with E-state index in [1.165, 1.54) is 11.3 Å². The summed E-state index contributed by atoms with van der Waals surface area (Å²) in [5, 5.41) is 3.79. The standard InChI is InChI=1S/C16H19N3O4S/c1-9(2)15-17-16(23-18-15)22-8-12(21)14-6-11-7-19(10(3)20)5-4-13(11)24-14/h6,9H,4-5,7-8H2,1-3H3. The highest BCUT2D eigenvalue weighted by Gasteiger charge is 2.23. The van der Waals surface area contributed by atoms with Crippen molar-refractivity contribution < 1.29 is 18.8 Å². The Morgan fingerprint density at radius 1 is 1.46 bits per heavy atom. The largest absolute Gasteiger partial charge is 0.440 e. The molecule has 0 atom stereocenters. The predicted molar refractivity (Wildman–Crippen MR) is 87.3 cm³/mol. The Hall–Kier alpha value is -2.22. The number of Topliss-reactive ketones (excluding diaryl/α,β-unsaturated/α-hetero) is 1. The average Bonchev–Trinajstić information content (AvgIpc) is 3.18.